The number of anilines is 1. The first-order valence-corrected chi connectivity index (χ1v) is 19.0. The van der Waals surface area contributed by atoms with Crippen molar-refractivity contribution in [3.05, 3.63) is 71.2 Å². The number of carbonyl (C=O) groups is 3. The molecule has 1 amide bonds. The van der Waals surface area contributed by atoms with Crippen molar-refractivity contribution in [1.82, 2.24) is 9.38 Å². The SMILES string of the molecule is CO[C@H]1/C=C/O[C@@]2(C)Oc3c(C)c(O)c4c(O)c(c5c(nc6cc(C)ccn65)c4c3C2=O)NC(=O)/C(C)=C\C=C\C(C)[C@H](O)C(C)[C@@H](O)[C@@H](C)[C@H](OC(C)=O)[C@@H]1C. The van der Waals surface area contributed by atoms with Gasteiger partial charge in [-0.15, -0.1) is 0 Å². The molecule has 5 N–H and O–H groups in total. The Morgan fingerprint density at radius 2 is 1.68 bits per heavy atom. The van der Waals surface area contributed by atoms with E-state index in [0.29, 0.717) is 5.65 Å². The molecule has 2 unspecified atom stereocenters. The Kier molecular flexibility index (Phi) is 11.2. The molecule has 9 atom stereocenters. The molecule has 4 heterocycles. The van der Waals surface area contributed by atoms with E-state index in [0.717, 1.165) is 5.56 Å². The molecule has 4 aromatic rings. The van der Waals surface area contributed by atoms with Crippen LogP contribution in [0, 0.1) is 37.5 Å². The predicted molar refractivity (Wildman–Crippen MR) is 213 cm³/mol. The number of aromatic nitrogens is 2. The Balaban J connectivity index is 1.58. The van der Waals surface area contributed by atoms with E-state index in [1.807, 2.05) is 19.1 Å². The number of aromatic hydroxyl groups is 2. The van der Waals surface area contributed by atoms with E-state index in [1.165, 1.54) is 40.2 Å². The lowest BCUT2D eigenvalue weighted by Crippen LogP contribution is -2.46. The Hall–Kier alpha value is -5.44. The van der Waals surface area contributed by atoms with Crippen molar-refractivity contribution in [2.24, 2.45) is 23.7 Å². The molecule has 2 aliphatic rings. The number of allylic oxidation sites excluding steroid dienone is 2. The third kappa shape index (κ3) is 7.10. The third-order valence-electron chi connectivity index (χ3n) is 11.5. The molecule has 0 saturated heterocycles. The number of carbonyl (C=O) groups excluding carboxylic acids is 3. The normalized spacial score (nSPS) is 30.8. The monoisotopic (exact) mass is 785 g/mol. The maximum absolute atomic E-state index is 14.6. The fourth-order valence-electron chi connectivity index (χ4n) is 8.03. The number of amides is 1. The summed E-state index contributed by atoms with van der Waals surface area (Å²) in [7, 11) is 1.46. The van der Waals surface area contributed by atoms with Gasteiger partial charge in [0.15, 0.2) is 5.75 Å². The van der Waals surface area contributed by atoms with Gasteiger partial charge >= 0.3 is 11.8 Å². The second-order valence-electron chi connectivity index (χ2n) is 15.6. The van der Waals surface area contributed by atoms with E-state index in [-0.39, 0.29) is 55.7 Å². The highest BCUT2D eigenvalue weighted by atomic mass is 16.7. The van der Waals surface area contributed by atoms with Crippen molar-refractivity contribution in [3.8, 4) is 17.2 Å². The molecule has 304 valence electrons. The van der Waals surface area contributed by atoms with Gasteiger partial charge < -0.3 is 44.7 Å². The van der Waals surface area contributed by atoms with Crippen molar-refractivity contribution in [2.75, 3.05) is 12.4 Å². The number of aliphatic hydroxyl groups is 2. The molecule has 2 aromatic carbocycles. The number of nitrogens with zero attached hydrogens (tertiary/aromatic N) is 2. The zero-order chi connectivity index (χ0) is 41.8. The van der Waals surface area contributed by atoms with Crippen molar-refractivity contribution in [2.45, 2.75) is 92.5 Å². The van der Waals surface area contributed by atoms with Crippen LogP contribution in [0.3, 0.4) is 0 Å². The van der Waals surface area contributed by atoms with Gasteiger partial charge in [-0.25, -0.2) is 4.98 Å². The van der Waals surface area contributed by atoms with Gasteiger partial charge in [0.2, 0.25) is 0 Å². The number of rotatable bonds is 2. The van der Waals surface area contributed by atoms with Crippen LogP contribution in [0.5, 0.6) is 17.2 Å². The molecule has 14 heteroatoms. The maximum atomic E-state index is 14.6. The van der Waals surface area contributed by atoms with Gasteiger partial charge in [0.1, 0.15) is 40.0 Å². The van der Waals surface area contributed by atoms with Crippen molar-refractivity contribution < 1.29 is 53.8 Å². The van der Waals surface area contributed by atoms with Crippen molar-refractivity contribution >= 4 is 50.8 Å². The average molecular weight is 786 g/mol. The molecule has 0 fully saturated rings. The first-order chi connectivity index (χ1) is 26.8. The number of esters is 1. The number of phenolic OH excluding ortho intramolecular Hbond substituents is 2. The van der Waals surface area contributed by atoms with E-state index in [4.69, 9.17) is 23.9 Å². The molecular weight excluding hydrogens is 734 g/mol. The molecule has 14 nitrogen and oxygen atoms in total. The molecule has 0 radical (unpaired) electrons. The van der Waals surface area contributed by atoms with Crippen molar-refractivity contribution in [1.29, 1.82) is 0 Å². The number of Topliss-reactive ketones (excluding diaryl/α,β-unsaturated/α-hetero) is 1. The van der Waals surface area contributed by atoms with Gasteiger partial charge in [-0.05, 0) is 44.5 Å². The molecule has 6 rings (SSSR count). The zero-order valence-electron chi connectivity index (χ0n) is 33.8. The number of hydrogen-bond acceptors (Lipinski definition) is 12. The van der Waals surface area contributed by atoms with Gasteiger partial charge in [0, 0.05) is 67.3 Å². The van der Waals surface area contributed by atoms with Crippen LogP contribution in [-0.2, 0) is 23.8 Å². The molecule has 57 heavy (non-hydrogen) atoms. The van der Waals surface area contributed by atoms with E-state index in [9.17, 15) is 34.8 Å². The minimum atomic E-state index is -1.96. The van der Waals surface area contributed by atoms with E-state index < -0.39 is 77.3 Å². The highest BCUT2D eigenvalue weighted by molar-refractivity contribution is 6.28. The molecular formula is C43H51N3O11. The van der Waals surface area contributed by atoms with E-state index in [1.54, 1.807) is 63.4 Å². The first-order valence-electron chi connectivity index (χ1n) is 19.0. The number of nitrogens with one attached hydrogen (secondary N) is 1. The minimum absolute atomic E-state index is 0.0185. The maximum Gasteiger partial charge on any atom is 0.312 e. The largest absolute Gasteiger partial charge is 0.507 e. The fourth-order valence-corrected chi connectivity index (χ4v) is 8.03. The number of hydrogen-bond donors (Lipinski definition) is 5. The van der Waals surface area contributed by atoms with E-state index >= 15 is 0 Å². The lowest BCUT2D eigenvalue weighted by molar-refractivity contribution is -0.160. The fraction of sp³-hybridized carbons (Fsp3) is 0.442. The summed E-state index contributed by atoms with van der Waals surface area (Å²) in [4.78, 5) is 45.6. The molecule has 2 aliphatic heterocycles. The van der Waals surface area contributed by atoms with Crippen LogP contribution < -0.4 is 10.1 Å². The summed E-state index contributed by atoms with van der Waals surface area (Å²) < 4.78 is 25.5. The number of benzene rings is 2. The number of ketones is 1. The predicted octanol–water partition coefficient (Wildman–Crippen LogP) is 6.16. The highest BCUT2D eigenvalue weighted by Gasteiger charge is 2.50. The zero-order valence-corrected chi connectivity index (χ0v) is 33.8. The lowest BCUT2D eigenvalue weighted by Gasteiger charge is -2.38. The van der Waals surface area contributed by atoms with Gasteiger partial charge in [-0.2, -0.15) is 0 Å². The number of ether oxygens (including phenoxy) is 4. The Morgan fingerprint density at radius 1 is 0.982 bits per heavy atom. The summed E-state index contributed by atoms with van der Waals surface area (Å²) in [5.74, 6) is -6.96. The molecule has 2 aromatic heterocycles. The molecule has 0 spiro atoms. The Labute approximate surface area is 330 Å². The quantitative estimate of drug-likeness (QED) is 0.115. The second kappa shape index (κ2) is 15.5. The van der Waals surface area contributed by atoms with Crippen LogP contribution in [0.2, 0.25) is 0 Å². The molecule has 4 bridgehead atoms. The smallest absolute Gasteiger partial charge is 0.312 e. The first kappa shape index (κ1) is 41.2. The third-order valence-corrected chi connectivity index (χ3v) is 11.5. The standard InChI is InChI=1S/C43H51N3O11/c1-19-14-16-46-28(18-19)44-32-29-30-37(50)25(7)40-31(29)41(52)43(9,57-40)55-17-15-27(54-10)22(4)39(56-26(8)47)24(6)36(49)23(5)35(48)20(2)12-11-13-21(3)42(53)45-33(34(32)46)38(30)51/h11-18,20,22-24,27,35-36,39,48-51H,1-10H3,(H,45,53)/b12-11+,17-15+,21-13-/t20?,22-,23?,24-,27+,35+,36-,39-,43+/m1/s1. The summed E-state index contributed by atoms with van der Waals surface area (Å²) in [6, 6.07) is 3.64. The van der Waals surface area contributed by atoms with Crippen LogP contribution in [-0.4, -0.2) is 84.8 Å². The number of fused-ring (bicyclic) bond motifs is 2. The number of aliphatic hydroxyl groups excluding tert-OH is 2. The van der Waals surface area contributed by atoms with Crippen LogP contribution in [0.1, 0.15) is 70.0 Å². The van der Waals surface area contributed by atoms with Gasteiger partial charge in [-0.3, -0.25) is 18.8 Å². The summed E-state index contributed by atoms with van der Waals surface area (Å²) in [5.41, 5.74) is 2.18. The van der Waals surface area contributed by atoms with Gasteiger partial charge in [-0.1, -0.05) is 45.9 Å². The summed E-state index contributed by atoms with van der Waals surface area (Å²) in [5, 5.41) is 49.4. The Bertz CT molecular complexity index is 2380. The number of pyridine rings is 1. The van der Waals surface area contributed by atoms with E-state index in [2.05, 4.69) is 5.32 Å². The summed E-state index contributed by atoms with van der Waals surface area (Å²) >= 11 is 0. The molecule has 0 saturated carbocycles. The number of phenols is 2. The molecule has 0 aliphatic carbocycles. The van der Waals surface area contributed by atoms with Crippen LogP contribution in [0.4, 0.5) is 5.69 Å². The number of aryl methyl sites for hydroxylation is 1. The van der Waals surface area contributed by atoms with Gasteiger partial charge in [0.05, 0.1) is 35.5 Å². The number of imidazole rings is 1. The average Bonchev–Trinajstić information content (AvgIpc) is 3.67. The topological polar surface area (TPSA) is 198 Å². The second-order valence-corrected chi connectivity index (χ2v) is 15.6. The van der Waals surface area contributed by atoms with Crippen LogP contribution in [0.25, 0.3) is 27.5 Å². The van der Waals surface area contributed by atoms with Gasteiger partial charge in [0.25, 0.3) is 11.7 Å². The highest BCUT2D eigenvalue weighted by Crippen LogP contribution is 2.54. The summed E-state index contributed by atoms with van der Waals surface area (Å²) in [6.45, 7) is 14.7. The minimum Gasteiger partial charge on any atom is -0.507 e. The van der Waals surface area contributed by atoms with Crippen LogP contribution >= 0.6 is 0 Å². The summed E-state index contributed by atoms with van der Waals surface area (Å²) in [6.07, 6.45) is 5.62. The van der Waals surface area contributed by atoms with Crippen molar-refractivity contribution in [3.63, 3.8) is 0 Å². The lowest BCUT2D eigenvalue weighted by atomic mass is 9.78. The van der Waals surface area contributed by atoms with Crippen LogP contribution in [0.15, 0.2) is 54.5 Å². The Morgan fingerprint density at radius 3 is 2.35 bits per heavy atom. The number of methoxy groups -OCH3 is 1.